The van der Waals surface area contributed by atoms with E-state index in [0.29, 0.717) is 19.3 Å². The van der Waals surface area contributed by atoms with Crippen LogP contribution < -0.4 is 4.90 Å². The van der Waals surface area contributed by atoms with Crippen molar-refractivity contribution >= 4 is 17.7 Å². The molecule has 1 saturated carbocycles. The first-order chi connectivity index (χ1) is 12.1. The van der Waals surface area contributed by atoms with Gasteiger partial charge >= 0.3 is 0 Å². The zero-order valence-electron chi connectivity index (χ0n) is 14.0. The Morgan fingerprint density at radius 2 is 1.92 bits per heavy atom. The molecule has 2 aliphatic rings. The maximum Gasteiger partial charge on any atom is 0.228 e. The SMILES string of the molecule is C[C@@H](Sc1nnc(N2CCOCC2)n1C1CC1)c1ccc(F)c(F)c1. The van der Waals surface area contributed by atoms with Crippen LogP contribution in [-0.2, 0) is 4.74 Å². The lowest BCUT2D eigenvalue weighted by Crippen LogP contribution is -2.38. The van der Waals surface area contributed by atoms with Gasteiger partial charge in [0.1, 0.15) is 0 Å². The lowest BCUT2D eigenvalue weighted by Gasteiger charge is -2.28. The Hall–Kier alpha value is -1.67. The number of hydrogen-bond acceptors (Lipinski definition) is 5. The minimum atomic E-state index is -0.822. The fraction of sp³-hybridized carbons (Fsp3) is 0.529. The standard InChI is InChI=1S/C17H20F2N4OS/c1-11(12-2-5-14(18)15(19)10-12)25-17-21-20-16(23(17)13-3-4-13)22-6-8-24-9-7-22/h2,5,10-11,13H,3-4,6-9H2,1H3/t11-/m1/s1. The van der Waals surface area contributed by atoms with E-state index in [4.69, 9.17) is 4.74 Å². The Kier molecular flexibility index (Phi) is 4.64. The van der Waals surface area contributed by atoms with Crippen molar-refractivity contribution in [2.24, 2.45) is 0 Å². The number of rotatable bonds is 5. The minimum absolute atomic E-state index is 0.0469. The molecule has 0 unspecified atom stereocenters. The molecule has 0 amide bonds. The van der Waals surface area contributed by atoms with Crippen LogP contribution in [0.3, 0.4) is 0 Å². The summed E-state index contributed by atoms with van der Waals surface area (Å²) in [6.45, 7) is 5.00. The lowest BCUT2D eigenvalue weighted by molar-refractivity contribution is 0.121. The quantitative estimate of drug-likeness (QED) is 0.757. The maximum absolute atomic E-state index is 13.5. The summed E-state index contributed by atoms with van der Waals surface area (Å²) in [6, 6.07) is 4.49. The smallest absolute Gasteiger partial charge is 0.228 e. The van der Waals surface area contributed by atoms with Gasteiger partial charge in [0.15, 0.2) is 16.8 Å². The van der Waals surface area contributed by atoms with E-state index >= 15 is 0 Å². The normalized spacial score (nSPS) is 19.2. The van der Waals surface area contributed by atoms with Gasteiger partial charge in [-0.1, -0.05) is 17.8 Å². The second-order valence-electron chi connectivity index (χ2n) is 6.42. The first-order valence-electron chi connectivity index (χ1n) is 8.52. The van der Waals surface area contributed by atoms with Crippen molar-refractivity contribution in [3.63, 3.8) is 0 Å². The number of benzene rings is 1. The van der Waals surface area contributed by atoms with Crippen molar-refractivity contribution in [1.29, 1.82) is 0 Å². The van der Waals surface area contributed by atoms with E-state index in [1.54, 1.807) is 6.07 Å². The third-order valence-electron chi connectivity index (χ3n) is 4.55. The van der Waals surface area contributed by atoms with Gasteiger partial charge in [0, 0.05) is 24.4 Å². The first kappa shape index (κ1) is 16.8. The molecule has 2 aromatic rings. The predicted molar refractivity (Wildman–Crippen MR) is 92.0 cm³/mol. The Morgan fingerprint density at radius 1 is 1.16 bits per heavy atom. The average Bonchev–Trinajstić information content (AvgIpc) is 3.38. The Morgan fingerprint density at radius 3 is 2.60 bits per heavy atom. The summed E-state index contributed by atoms with van der Waals surface area (Å²) in [6.07, 6.45) is 2.25. The van der Waals surface area contributed by atoms with Crippen LogP contribution in [-0.4, -0.2) is 41.1 Å². The molecule has 8 heteroatoms. The predicted octanol–water partition coefficient (Wildman–Crippen LogP) is 3.58. The molecule has 0 bridgehead atoms. The summed E-state index contributed by atoms with van der Waals surface area (Å²) in [5, 5.41) is 9.58. The van der Waals surface area contributed by atoms with Crippen LogP contribution in [0.15, 0.2) is 23.4 Å². The highest BCUT2D eigenvalue weighted by atomic mass is 32.2. The molecule has 2 fully saturated rings. The largest absolute Gasteiger partial charge is 0.378 e. The lowest BCUT2D eigenvalue weighted by atomic mass is 10.1. The summed E-state index contributed by atoms with van der Waals surface area (Å²) in [7, 11) is 0. The van der Waals surface area contributed by atoms with Gasteiger partial charge < -0.3 is 9.64 Å². The first-order valence-corrected chi connectivity index (χ1v) is 9.40. The van der Waals surface area contributed by atoms with Crippen molar-refractivity contribution < 1.29 is 13.5 Å². The van der Waals surface area contributed by atoms with Gasteiger partial charge in [0.05, 0.1) is 13.2 Å². The molecule has 0 N–H and O–H groups in total. The number of hydrogen-bond donors (Lipinski definition) is 0. The summed E-state index contributed by atoms with van der Waals surface area (Å²) < 4.78 is 34.3. The molecule has 1 aliphatic carbocycles. The number of nitrogens with zero attached hydrogens (tertiary/aromatic N) is 4. The molecule has 4 rings (SSSR count). The van der Waals surface area contributed by atoms with E-state index in [2.05, 4.69) is 19.7 Å². The van der Waals surface area contributed by atoms with Crippen LogP contribution in [0.1, 0.15) is 36.6 Å². The minimum Gasteiger partial charge on any atom is -0.378 e. The Balaban J connectivity index is 1.57. The topological polar surface area (TPSA) is 43.2 Å². The zero-order valence-corrected chi connectivity index (χ0v) is 14.8. The summed E-state index contributed by atoms with van der Waals surface area (Å²) in [4.78, 5) is 2.21. The van der Waals surface area contributed by atoms with Gasteiger partial charge in [-0.05, 0) is 37.5 Å². The highest BCUT2D eigenvalue weighted by Crippen LogP contribution is 2.44. The van der Waals surface area contributed by atoms with E-state index in [1.165, 1.54) is 23.9 Å². The molecular weight excluding hydrogens is 346 g/mol. The van der Waals surface area contributed by atoms with Crippen LogP contribution in [0.2, 0.25) is 0 Å². The number of ether oxygens (including phenoxy) is 1. The third kappa shape index (κ3) is 3.50. The second-order valence-corrected chi connectivity index (χ2v) is 7.72. The number of halogens is 2. The van der Waals surface area contributed by atoms with Gasteiger partial charge in [-0.2, -0.15) is 0 Å². The van der Waals surface area contributed by atoms with Crippen molar-refractivity contribution in [2.75, 3.05) is 31.2 Å². The summed E-state index contributed by atoms with van der Waals surface area (Å²) in [5.74, 6) is -0.745. The Bertz CT molecular complexity index is 759. The molecule has 1 aromatic carbocycles. The molecule has 0 spiro atoms. The highest BCUT2D eigenvalue weighted by Gasteiger charge is 2.32. The summed E-state index contributed by atoms with van der Waals surface area (Å²) >= 11 is 1.53. The molecule has 1 saturated heterocycles. The van der Waals surface area contributed by atoms with E-state index in [0.717, 1.165) is 42.6 Å². The van der Waals surface area contributed by atoms with E-state index < -0.39 is 11.6 Å². The fourth-order valence-corrected chi connectivity index (χ4v) is 4.00. The monoisotopic (exact) mass is 366 g/mol. The van der Waals surface area contributed by atoms with Crippen LogP contribution >= 0.6 is 11.8 Å². The maximum atomic E-state index is 13.5. The molecule has 134 valence electrons. The molecule has 1 aromatic heterocycles. The number of anilines is 1. The molecule has 2 heterocycles. The molecular formula is C17H20F2N4OS. The average molecular weight is 366 g/mol. The highest BCUT2D eigenvalue weighted by molar-refractivity contribution is 7.99. The van der Waals surface area contributed by atoms with Crippen LogP contribution in [0.25, 0.3) is 0 Å². The van der Waals surface area contributed by atoms with Crippen LogP contribution in [0.4, 0.5) is 14.7 Å². The molecule has 5 nitrogen and oxygen atoms in total. The number of morpholine rings is 1. The fourth-order valence-electron chi connectivity index (χ4n) is 2.97. The van der Waals surface area contributed by atoms with Gasteiger partial charge in [-0.3, -0.25) is 4.57 Å². The van der Waals surface area contributed by atoms with Crippen molar-refractivity contribution in [3.05, 3.63) is 35.4 Å². The third-order valence-corrected chi connectivity index (χ3v) is 5.66. The number of thioether (sulfide) groups is 1. The van der Waals surface area contributed by atoms with Crippen LogP contribution in [0, 0.1) is 11.6 Å². The van der Waals surface area contributed by atoms with E-state index in [9.17, 15) is 8.78 Å². The van der Waals surface area contributed by atoms with Crippen molar-refractivity contribution in [2.45, 2.75) is 36.2 Å². The van der Waals surface area contributed by atoms with Gasteiger partial charge in [0.2, 0.25) is 5.95 Å². The van der Waals surface area contributed by atoms with Crippen molar-refractivity contribution in [3.8, 4) is 0 Å². The van der Waals surface area contributed by atoms with Crippen molar-refractivity contribution in [1.82, 2.24) is 14.8 Å². The molecule has 25 heavy (non-hydrogen) atoms. The summed E-state index contributed by atoms with van der Waals surface area (Å²) in [5.41, 5.74) is 0.738. The van der Waals surface area contributed by atoms with E-state index in [1.807, 2.05) is 6.92 Å². The molecule has 1 atom stereocenters. The van der Waals surface area contributed by atoms with Crippen LogP contribution in [0.5, 0.6) is 0 Å². The van der Waals surface area contributed by atoms with Gasteiger partial charge in [-0.25, -0.2) is 8.78 Å². The molecule has 0 radical (unpaired) electrons. The second kappa shape index (κ2) is 6.92. The Labute approximate surface area is 149 Å². The molecule has 1 aliphatic heterocycles. The number of aromatic nitrogens is 3. The van der Waals surface area contributed by atoms with Gasteiger partial charge in [-0.15, -0.1) is 10.2 Å². The van der Waals surface area contributed by atoms with Gasteiger partial charge in [0.25, 0.3) is 0 Å². The zero-order chi connectivity index (χ0) is 17.4. The van der Waals surface area contributed by atoms with E-state index in [-0.39, 0.29) is 5.25 Å².